The summed E-state index contributed by atoms with van der Waals surface area (Å²) in [6.07, 6.45) is 17.3. The number of hydrogen-bond donors (Lipinski definition) is 1. The highest BCUT2D eigenvalue weighted by Crippen LogP contribution is 2.23. The van der Waals surface area contributed by atoms with E-state index in [-0.39, 0.29) is 0 Å². The molecule has 0 fully saturated rings. The van der Waals surface area contributed by atoms with E-state index < -0.39 is 5.60 Å². The van der Waals surface area contributed by atoms with Gasteiger partial charge in [0.1, 0.15) is 0 Å². The summed E-state index contributed by atoms with van der Waals surface area (Å²) >= 11 is 0. The van der Waals surface area contributed by atoms with E-state index in [0.29, 0.717) is 6.42 Å². The van der Waals surface area contributed by atoms with Crippen molar-refractivity contribution >= 4 is 5.57 Å². The lowest BCUT2D eigenvalue weighted by molar-refractivity contribution is 0.102. The molecule has 24 heavy (non-hydrogen) atoms. The van der Waals surface area contributed by atoms with Crippen LogP contribution in [0.15, 0.2) is 85.7 Å². The molecule has 0 amide bonds. The van der Waals surface area contributed by atoms with Gasteiger partial charge in [0.15, 0.2) is 0 Å². The average Bonchev–Trinajstić information content (AvgIpc) is 2.57. The summed E-state index contributed by atoms with van der Waals surface area (Å²) in [6, 6.07) is 3.94. The molecule has 0 spiro atoms. The lowest BCUT2D eigenvalue weighted by Gasteiger charge is -2.24. The average molecular weight is 321 g/mol. The fourth-order valence-corrected chi connectivity index (χ4v) is 2.30. The van der Waals surface area contributed by atoms with Crippen LogP contribution in [0.4, 0.5) is 0 Å². The Labute approximate surface area is 146 Å². The van der Waals surface area contributed by atoms with Gasteiger partial charge in [-0.1, -0.05) is 67.8 Å². The van der Waals surface area contributed by atoms with E-state index in [9.17, 15) is 5.11 Å². The summed E-state index contributed by atoms with van der Waals surface area (Å²) in [5.41, 5.74) is 2.59. The predicted molar refractivity (Wildman–Crippen MR) is 105 cm³/mol. The first kappa shape index (κ1) is 19.6. The van der Waals surface area contributed by atoms with Gasteiger partial charge in [0, 0.05) is 18.3 Å². The maximum Gasteiger partial charge on any atom is 0.0923 e. The smallest absolute Gasteiger partial charge is 0.0923 e. The van der Waals surface area contributed by atoms with E-state index in [1.807, 2.05) is 74.7 Å². The molecular formula is C22H27NO. The Hall–Kier alpha value is -2.45. The van der Waals surface area contributed by atoms with Crippen LogP contribution >= 0.6 is 0 Å². The number of rotatable bonds is 8. The van der Waals surface area contributed by atoms with Crippen LogP contribution in [-0.2, 0) is 6.42 Å². The SMILES string of the molecule is C=C/C(=C\C=C/C)c1ccc(CC(C)(O)/C(C=C)=C/C=C\C)nc1. The van der Waals surface area contributed by atoms with E-state index in [1.54, 1.807) is 13.0 Å². The van der Waals surface area contributed by atoms with Crippen LogP contribution in [0.2, 0.25) is 0 Å². The second-order valence-corrected chi connectivity index (χ2v) is 5.69. The largest absolute Gasteiger partial charge is 0.385 e. The first-order chi connectivity index (χ1) is 11.5. The summed E-state index contributed by atoms with van der Waals surface area (Å²) < 4.78 is 0. The number of pyridine rings is 1. The van der Waals surface area contributed by atoms with Crippen molar-refractivity contribution in [2.24, 2.45) is 0 Å². The topological polar surface area (TPSA) is 33.1 Å². The Morgan fingerprint density at radius 3 is 2.29 bits per heavy atom. The fraction of sp³-hybridized carbons (Fsp3) is 0.227. The minimum Gasteiger partial charge on any atom is -0.385 e. The standard InChI is InChI=1S/C22H27NO/c1-6-10-12-18(8-3)19-14-15-21(23-17-19)16-22(5,24)20(9-4)13-11-7-2/h6-15,17,24H,3-4,16H2,1-2,5H3/b10-6-,11-7-,18-12+,20-13+. The quantitative estimate of drug-likeness (QED) is 0.667. The molecule has 2 heteroatoms. The summed E-state index contributed by atoms with van der Waals surface area (Å²) in [4.78, 5) is 4.49. The van der Waals surface area contributed by atoms with Crippen LogP contribution in [0.25, 0.3) is 5.57 Å². The van der Waals surface area contributed by atoms with Crippen molar-refractivity contribution < 1.29 is 5.11 Å². The molecule has 1 heterocycles. The van der Waals surface area contributed by atoms with Crippen LogP contribution in [0, 0.1) is 0 Å². The maximum atomic E-state index is 10.7. The molecule has 0 radical (unpaired) electrons. The molecule has 0 saturated heterocycles. The van der Waals surface area contributed by atoms with Gasteiger partial charge in [-0.3, -0.25) is 4.98 Å². The van der Waals surface area contributed by atoms with Crippen molar-refractivity contribution in [2.45, 2.75) is 32.8 Å². The number of aromatic nitrogens is 1. The van der Waals surface area contributed by atoms with E-state index in [2.05, 4.69) is 18.1 Å². The highest BCUT2D eigenvalue weighted by atomic mass is 16.3. The molecule has 1 rings (SSSR count). The fourth-order valence-electron chi connectivity index (χ4n) is 2.30. The molecule has 2 nitrogen and oxygen atoms in total. The van der Waals surface area contributed by atoms with Crippen molar-refractivity contribution in [3.05, 3.63) is 96.9 Å². The third kappa shape index (κ3) is 5.64. The van der Waals surface area contributed by atoms with Crippen LogP contribution in [0.1, 0.15) is 32.0 Å². The molecular weight excluding hydrogens is 294 g/mol. The van der Waals surface area contributed by atoms with Gasteiger partial charge >= 0.3 is 0 Å². The maximum absolute atomic E-state index is 10.7. The molecule has 0 saturated carbocycles. The molecule has 0 aliphatic carbocycles. The molecule has 0 aliphatic rings. The monoisotopic (exact) mass is 321 g/mol. The van der Waals surface area contributed by atoms with Crippen molar-refractivity contribution in [2.75, 3.05) is 0 Å². The molecule has 1 aromatic rings. The van der Waals surface area contributed by atoms with E-state index in [1.165, 1.54) is 0 Å². The number of nitrogens with zero attached hydrogens (tertiary/aromatic N) is 1. The number of aliphatic hydroxyl groups is 1. The molecule has 1 N–H and O–H groups in total. The summed E-state index contributed by atoms with van der Waals surface area (Å²) in [6.45, 7) is 13.3. The normalized spacial score (nSPS) is 15.7. The van der Waals surface area contributed by atoms with Crippen LogP contribution in [-0.4, -0.2) is 15.7 Å². The zero-order valence-electron chi connectivity index (χ0n) is 14.9. The first-order valence-electron chi connectivity index (χ1n) is 8.07. The van der Waals surface area contributed by atoms with Gasteiger partial charge in [-0.15, -0.1) is 0 Å². The Morgan fingerprint density at radius 1 is 1.12 bits per heavy atom. The number of allylic oxidation sites excluding steroid dienone is 8. The molecule has 126 valence electrons. The zero-order chi connectivity index (χ0) is 18.0. The van der Waals surface area contributed by atoms with Crippen molar-refractivity contribution in [1.29, 1.82) is 0 Å². The molecule has 0 aliphatic heterocycles. The van der Waals surface area contributed by atoms with Crippen LogP contribution < -0.4 is 0 Å². The molecule has 0 bridgehead atoms. The molecule has 1 unspecified atom stereocenters. The summed E-state index contributed by atoms with van der Waals surface area (Å²) in [7, 11) is 0. The Kier molecular flexibility index (Phi) is 7.87. The van der Waals surface area contributed by atoms with E-state index >= 15 is 0 Å². The zero-order valence-corrected chi connectivity index (χ0v) is 14.9. The van der Waals surface area contributed by atoms with E-state index in [4.69, 9.17) is 0 Å². The summed E-state index contributed by atoms with van der Waals surface area (Å²) in [5.74, 6) is 0. The number of hydrogen-bond acceptors (Lipinski definition) is 2. The lowest BCUT2D eigenvalue weighted by atomic mass is 9.90. The molecule has 1 aromatic heterocycles. The molecule has 1 atom stereocenters. The highest BCUT2D eigenvalue weighted by Gasteiger charge is 2.24. The van der Waals surface area contributed by atoms with Gasteiger partial charge < -0.3 is 5.11 Å². The van der Waals surface area contributed by atoms with E-state index in [0.717, 1.165) is 22.4 Å². The van der Waals surface area contributed by atoms with Crippen LogP contribution in [0.3, 0.4) is 0 Å². The Bertz CT molecular complexity index is 670. The summed E-state index contributed by atoms with van der Waals surface area (Å²) in [5, 5.41) is 10.7. The van der Waals surface area contributed by atoms with Gasteiger partial charge in [-0.25, -0.2) is 0 Å². The van der Waals surface area contributed by atoms with Crippen molar-refractivity contribution in [1.82, 2.24) is 4.98 Å². The first-order valence-corrected chi connectivity index (χ1v) is 8.07. The van der Waals surface area contributed by atoms with Gasteiger partial charge in [-0.2, -0.15) is 0 Å². The highest BCUT2D eigenvalue weighted by molar-refractivity contribution is 5.74. The van der Waals surface area contributed by atoms with Crippen molar-refractivity contribution in [3.8, 4) is 0 Å². The lowest BCUT2D eigenvalue weighted by Crippen LogP contribution is -2.29. The second kappa shape index (κ2) is 9.64. The van der Waals surface area contributed by atoms with Gasteiger partial charge in [0.05, 0.1) is 5.60 Å². The predicted octanol–water partition coefficient (Wildman–Crippen LogP) is 5.21. The van der Waals surface area contributed by atoms with Gasteiger partial charge in [0.25, 0.3) is 0 Å². The Balaban J connectivity index is 3.01. The third-order valence-corrected chi connectivity index (χ3v) is 3.68. The van der Waals surface area contributed by atoms with Gasteiger partial charge in [0.2, 0.25) is 0 Å². The van der Waals surface area contributed by atoms with Crippen molar-refractivity contribution in [3.63, 3.8) is 0 Å². The second-order valence-electron chi connectivity index (χ2n) is 5.69. The third-order valence-electron chi connectivity index (χ3n) is 3.68. The molecule has 0 aromatic carbocycles. The Morgan fingerprint density at radius 2 is 1.79 bits per heavy atom. The minimum atomic E-state index is -1.02. The van der Waals surface area contributed by atoms with Crippen LogP contribution in [0.5, 0.6) is 0 Å². The van der Waals surface area contributed by atoms with Gasteiger partial charge in [-0.05, 0) is 43.5 Å². The minimum absolute atomic E-state index is 0.421.